The molecule has 1 amide bonds. The van der Waals surface area contributed by atoms with E-state index in [1.807, 2.05) is 72.8 Å². The molecular weight excluding hydrogens is 358 g/mol. The molecule has 27 heavy (non-hydrogen) atoms. The zero-order valence-corrected chi connectivity index (χ0v) is 15.1. The molecule has 0 bridgehead atoms. The van der Waals surface area contributed by atoms with Gasteiger partial charge in [0.15, 0.2) is 0 Å². The molecule has 0 saturated heterocycles. The van der Waals surface area contributed by atoms with Crippen molar-refractivity contribution < 1.29 is 4.79 Å². The maximum Gasteiger partial charge on any atom is 0.244 e. The second kappa shape index (κ2) is 7.56. The number of hydrogen-bond acceptors (Lipinski definition) is 3. The molecular formula is C22H16ClN3O. The molecule has 0 unspecified atom stereocenters. The Labute approximate surface area is 161 Å². The molecule has 4 aromatic rings. The fraction of sp³-hybridized carbons (Fsp3) is 0.0455. The number of hydrazone groups is 1. The lowest BCUT2D eigenvalue weighted by molar-refractivity contribution is -0.120. The van der Waals surface area contributed by atoms with Gasteiger partial charge in [-0.1, -0.05) is 72.3 Å². The number of carbonyl (C=O) groups excluding carboxylic acids is 1. The number of nitrogens with one attached hydrogen (secondary N) is 1. The first-order valence-corrected chi connectivity index (χ1v) is 8.92. The van der Waals surface area contributed by atoms with Gasteiger partial charge < -0.3 is 0 Å². The van der Waals surface area contributed by atoms with Gasteiger partial charge >= 0.3 is 0 Å². The molecule has 132 valence electrons. The topological polar surface area (TPSA) is 54.4 Å². The summed E-state index contributed by atoms with van der Waals surface area (Å²) in [5.41, 5.74) is 5.00. The van der Waals surface area contributed by atoms with E-state index in [0.29, 0.717) is 10.7 Å². The number of amides is 1. The van der Waals surface area contributed by atoms with Gasteiger partial charge in [0.2, 0.25) is 5.91 Å². The van der Waals surface area contributed by atoms with Gasteiger partial charge in [0.1, 0.15) is 5.15 Å². The SMILES string of the molecule is O=C(Cc1cccc2ccccc12)N/N=C/c1cc2ccccc2nc1Cl. The van der Waals surface area contributed by atoms with Crippen LogP contribution < -0.4 is 5.43 Å². The Balaban J connectivity index is 1.48. The molecule has 0 fully saturated rings. The van der Waals surface area contributed by atoms with E-state index in [1.54, 1.807) is 0 Å². The molecule has 4 nitrogen and oxygen atoms in total. The van der Waals surface area contributed by atoms with E-state index in [9.17, 15) is 4.79 Å². The van der Waals surface area contributed by atoms with E-state index in [0.717, 1.165) is 27.2 Å². The largest absolute Gasteiger partial charge is 0.273 e. The first-order chi connectivity index (χ1) is 13.2. The molecule has 3 aromatic carbocycles. The number of carbonyl (C=O) groups is 1. The Kier molecular flexibility index (Phi) is 4.81. The fourth-order valence-electron chi connectivity index (χ4n) is 3.03. The van der Waals surface area contributed by atoms with E-state index in [4.69, 9.17) is 11.6 Å². The summed E-state index contributed by atoms with van der Waals surface area (Å²) in [6.45, 7) is 0. The number of para-hydroxylation sites is 1. The second-order valence-electron chi connectivity index (χ2n) is 6.17. The molecule has 0 atom stereocenters. The number of halogens is 1. The van der Waals surface area contributed by atoms with Crippen molar-refractivity contribution in [2.45, 2.75) is 6.42 Å². The lowest BCUT2D eigenvalue weighted by Gasteiger charge is -2.05. The summed E-state index contributed by atoms with van der Waals surface area (Å²) in [4.78, 5) is 16.6. The first kappa shape index (κ1) is 17.2. The van der Waals surface area contributed by atoms with Crippen molar-refractivity contribution in [2.75, 3.05) is 0 Å². The van der Waals surface area contributed by atoms with Gasteiger partial charge in [-0.05, 0) is 28.5 Å². The summed E-state index contributed by atoms with van der Waals surface area (Å²) in [7, 11) is 0. The highest BCUT2D eigenvalue weighted by atomic mass is 35.5. The highest BCUT2D eigenvalue weighted by Gasteiger charge is 2.06. The number of nitrogens with zero attached hydrogens (tertiary/aromatic N) is 2. The molecule has 5 heteroatoms. The van der Waals surface area contributed by atoms with E-state index in [-0.39, 0.29) is 12.3 Å². The molecule has 1 aromatic heterocycles. The van der Waals surface area contributed by atoms with E-state index < -0.39 is 0 Å². The third-order valence-electron chi connectivity index (χ3n) is 4.33. The van der Waals surface area contributed by atoms with Crippen molar-refractivity contribution in [3.8, 4) is 0 Å². The highest BCUT2D eigenvalue weighted by molar-refractivity contribution is 6.32. The van der Waals surface area contributed by atoms with Crippen LogP contribution in [0, 0.1) is 0 Å². The predicted molar refractivity (Wildman–Crippen MR) is 110 cm³/mol. The normalized spacial score (nSPS) is 11.3. The van der Waals surface area contributed by atoms with Crippen LogP contribution in [0.5, 0.6) is 0 Å². The summed E-state index contributed by atoms with van der Waals surface area (Å²) < 4.78 is 0. The predicted octanol–water partition coefficient (Wildman–Crippen LogP) is 4.73. The van der Waals surface area contributed by atoms with Crippen LogP contribution in [0.1, 0.15) is 11.1 Å². The number of benzene rings is 3. The van der Waals surface area contributed by atoms with Crippen molar-refractivity contribution in [1.29, 1.82) is 0 Å². The van der Waals surface area contributed by atoms with E-state index in [2.05, 4.69) is 15.5 Å². The summed E-state index contributed by atoms with van der Waals surface area (Å²) in [5.74, 6) is -0.188. The quantitative estimate of drug-likeness (QED) is 0.319. The zero-order valence-electron chi connectivity index (χ0n) is 14.4. The number of aromatic nitrogens is 1. The third-order valence-corrected chi connectivity index (χ3v) is 4.63. The summed E-state index contributed by atoms with van der Waals surface area (Å²) in [6, 6.07) is 23.5. The smallest absolute Gasteiger partial charge is 0.244 e. The number of hydrogen-bond donors (Lipinski definition) is 1. The molecule has 0 aliphatic carbocycles. The van der Waals surface area contributed by atoms with Gasteiger partial charge in [0.25, 0.3) is 0 Å². The van der Waals surface area contributed by atoms with Gasteiger partial charge in [0.05, 0.1) is 18.2 Å². The molecule has 0 aliphatic heterocycles. The average Bonchev–Trinajstić information content (AvgIpc) is 2.69. The molecule has 4 rings (SSSR count). The van der Waals surface area contributed by atoms with Gasteiger partial charge in [-0.15, -0.1) is 0 Å². The van der Waals surface area contributed by atoms with Gasteiger partial charge in [-0.3, -0.25) is 4.79 Å². The average molecular weight is 374 g/mol. The molecule has 0 spiro atoms. The number of pyridine rings is 1. The van der Waals surface area contributed by atoms with E-state index in [1.165, 1.54) is 6.21 Å². The zero-order chi connectivity index (χ0) is 18.6. The van der Waals surface area contributed by atoms with Crippen molar-refractivity contribution in [3.63, 3.8) is 0 Å². The molecule has 1 N–H and O–H groups in total. The van der Waals surface area contributed by atoms with Crippen LogP contribution in [0.3, 0.4) is 0 Å². The monoisotopic (exact) mass is 373 g/mol. The number of rotatable bonds is 4. The molecule has 1 heterocycles. The minimum absolute atomic E-state index is 0.188. The molecule has 0 aliphatic rings. The van der Waals surface area contributed by atoms with Crippen LogP contribution in [0.25, 0.3) is 21.7 Å². The molecule has 0 saturated carbocycles. The second-order valence-corrected chi connectivity index (χ2v) is 6.53. The van der Waals surface area contributed by atoms with Crippen molar-refractivity contribution in [3.05, 3.63) is 89.1 Å². The summed E-state index contributed by atoms with van der Waals surface area (Å²) in [5, 5.41) is 7.53. The minimum atomic E-state index is -0.188. The van der Waals surface area contributed by atoms with Crippen LogP contribution in [0.15, 0.2) is 77.9 Å². The van der Waals surface area contributed by atoms with E-state index >= 15 is 0 Å². The van der Waals surface area contributed by atoms with Gasteiger partial charge in [0, 0.05) is 10.9 Å². The Morgan fingerprint density at radius 1 is 1.00 bits per heavy atom. The van der Waals surface area contributed by atoms with Crippen LogP contribution in [0.2, 0.25) is 5.15 Å². The van der Waals surface area contributed by atoms with Gasteiger partial charge in [-0.25, -0.2) is 10.4 Å². The minimum Gasteiger partial charge on any atom is -0.273 e. The van der Waals surface area contributed by atoms with Crippen molar-refractivity contribution in [2.24, 2.45) is 5.10 Å². The van der Waals surface area contributed by atoms with Crippen LogP contribution >= 0.6 is 11.6 Å². The van der Waals surface area contributed by atoms with Crippen LogP contribution in [0.4, 0.5) is 0 Å². The first-order valence-electron chi connectivity index (χ1n) is 8.54. The maximum atomic E-state index is 12.3. The van der Waals surface area contributed by atoms with Crippen LogP contribution in [-0.4, -0.2) is 17.1 Å². The van der Waals surface area contributed by atoms with Gasteiger partial charge in [-0.2, -0.15) is 5.10 Å². The highest BCUT2D eigenvalue weighted by Crippen LogP contribution is 2.20. The summed E-state index contributed by atoms with van der Waals surface area (Å²) in [6.07, 6.45) is 1.77. The number of fused-ring (bicyclic) bond motifs is 2. The van der Waals surface area contributed by atoms with Crippen molar-refractivity contribution >= 4 is 45.4 Å². The Morgan fingerprint density at radius 2 is 1.74 bits per heavy atom. The maximum absolute atomic E-state index is 12.3. The lowest BCUT2D eigenvalue weighted by atomic mass is 10.0. The van der Waals surface area contributed by atoms with Crippen LogP contribution in [-0.2, 0) is 11.2 Å². The third kappa shape index (κ3) is 3.81. The standard InChI is InChI=1S/C22H16ClN3O/c23-22-18(12-17-7-2-4-11-20(17)25-22)14-24-26-21(27)13-16-9-5-8-15-6-1-3-10-19(15)16/h1-12,14H,13H2,(H,26,27)/b24-14+. The fourth-order valence-corrected chi connectivity index (χ4v) is 3.23. The Hall–Kier alpha value is -3.24. The lowest BCUT2D eigenvalue weighted by Crippen LogP contribution is -2.20. The Morgan fingerprint density at radius 3 is 2.63 bits per heavy atom. The summed E-state index contributed by atoms with van der Waals surface area (Å²) >= 11 is 6.20. The molecule has 0 radical (unpaired) electrons. The Bertz CT molecular complexity index is 1170. The van der Waals surface area contributed by atoms with Crippen molar-refractivity contribution in [1.82, 2.24) is 10.4 Å².